The molecule has 0 aliphatic heterocycles. The van der Waals surface area contributed by atoms with Gasteiger partial charge in [-0.15, -0.1) is 0 Å². The minimum Gasteiger partial charge on any atom is -0.465 e. The van der Waals surface area contributed by atoms with Crippen LogP contribution in [-0.2, 0) is 13.8 Å². The highest BCUT2D eigenvalue weighted by Crippen LogP contribution is 2.60. The second-order valence-electron chi connectivity index (χ2n) is 7.36. The highest BCUT2D eigenvalue weighted by molar-refractivity contribution is 7.69. The lowest BCUT2D eigenvalue weighted by Gasteiger charge is -2.25. The average molecular weight is 431 g/mol. The van der Waals surface area contributed by atoms with Gasteiger partial charge in [-0.25, -0.2) is 4.79 Å². The maximum absolute atomic E-state index is 12.8. The summed E-state index contributed by atoms with van der Waals surface area (Å²) in [4.78, 5) is 28.9. The lowest BCUT2D eigenvalue weighted by Crippen LogP contribution is -2.29. The van der Waals surface area contributed by atoms with E-state index >= 15 is 0 Å². The topological polar surface area (TPSA) is 102 Å². The lowest BCUT2D eigenvalue weighted by molar-refractivity contribution is 0.0600. The van der Waals surface area contributed by atoms with Crippen molar-refractivity contribution in [3.8, 4) is 17.2 Å². The van der Waals surface area contributed by atoms with Gasteiger partial charge in [0.1, 0.15) is 12.2 Å². The molecule has 0 unspecified atom stereocenters. The molecular weight excluding hydrogens is 403 g/mol. The zero-order valence-electron chi connectivity index (χ0n) is 18.4. The average Bonchev–Trinajstić information content (AvgIpc) is 2.65. The van der Waals surface area contributed by atoms with E-state index in [9.17, 15) is 14.9 Å². The van der Waals surface area contributed by atoms with Crippen molar-refractivity contribution in [2.75, 3.05) is 7.11 Å². The molecule has 2 rings (SSSR count). The van der Waals surface area contributed by atoms with Gasteiger partial charge in [0, 0.05) is 5.56 Å². The summed E-state index contributed by atoms with van der Waals surface area (Å²) in [5, 5.41) is 9.97. The standard InChI is InChI=1S/C22H28N2O5P/c1-13(2)28-30(26,29-14(3)4)21-16(6)24-15(5)19(22(25)27-7)20(21)18-11-9-8-10-17(18)12-23/h8-11,13-14,26H,1-7H3/q+1. The number of aryl methyl sites for hydroxylation is 2. The van der Waals surface area contributed by atoms with E-state index in [2.05, 4.69) is 11.1 Å². The fraction of sp³-hybridized carbons (Fsp3) is 0.409. The van der Waals surface area contributed by atoms with Gasteiger partial charge in [0.15, 0.2) is 0 Å². The molecule has 0 fully saturated rings. The molecule has 0 amide bonds. The summed E-state index contributed by atoms with van der Waals surface area (Å²) in [7, 11) is -2.41. The summed E-state index contributed by atoms with van der Waals surface area (Å²) in [6.45, 7) is 10.6. The number of ether oxygens (including phenoxy) is 1. The number of hydrogen-bond donors (Lipinski definition) is 1. The highest BCUT2D eigenvalue weighted by atomic mass is 31.2. The first kappa shape index (κ1) is 23.9. The fourth-order valence-corrected chi connectivity index (χ4v) is 5.68. The first-order valence-electron chi connectivity index (χ1n) is 9.63. The quantitative estimate of drug-likeness (QED) is 0.516. The zero-order valence-corrected chi connectivity index (χ0v) is 19.3. The number of aromatic nitrogens is 1. The van der Waals surface area contributed by atoms with Crippen molar-refractivity contribution in [3.63, 3.8) is 0 Å². The normalized spacial score (nSPS) is 11.6. The Bertz CT molecular complexity index is 972. The van der Waals surface area contributed by atoms with Crippen LogP contribution in [0.25, 0.3) is 11.1 Å². The number of carbonyl (C=O) groups excluding carboxylic acids is 1. The number of nitrogens with zero attached hydrogens (tertiary/aromatic N) is 2. The molecule has 1 heterocycles. The van der Waals surface area contributed by atoms with Crippen LogP contribution >= 0.6 is 7.94 Å². The van der Waals surface area contributed by atoms with E-state index in [0.717, 1.165) is 0 Å². The molecule has 0 saturated heterocycles. The predicted molar refractivity (Wildman–Crippen MR) is 116 cm³/mol. The van der Waals surface area contributed by atoms with Crippen LogP contribution in [0.4, 0.5) is 0 Å². The molecule has 1 aromatic heterocycles. The Kier molecular flexibility index (Phi) is 7.68. The van der Waals surface area contributed by atoms with Crippen molar-refractivity contribution < 1.29 is 23.5 Å². The van der Waals surface area contributed by atoms with E-state index in [-0.39, 0.29) is 23.1 Å². The second-order valence-corrected chi connectivity index (χ2v) is 9.27. The molecule has 0 atom stereocenters. The largest absolute Gasteiger partial charge is 0.465 e. The molecule has 1 aromatic carbocycles. The van der Waals surface area contributed by atoms with Gasteiger partial charge in [0.2, 0.25) is 5.30 Å². The summed E-state index contributed by atoms with van der Waals surface area (Å²) in [5.74, 6) is -0.621. The Balaban J connectivity index is 3.06. The van der Waals surface area contributed by atoms with Crippen LogP contribution in [0.15, 0.2) is 24.3 Å². The van der Waals surface area contributed by atoms with Crippen LogP contribution < -0.4 is 5.30 Å². The van der Waals surface area contributed by atoms with Crippen LogP contribution in [0.1, 0.15) is 55.0 Å². The minimum atomic E-state index is -3.68. The van der Waals surface area contributed by atoms with Gasteiger partial charge in [-0.2, -0.15) is 19.2 Å². The summed E-state index contributed by atoms with van der Waals surface area (Å²) in [6.07, 6.45) is -0.716. The van der Waals surface area contributed by atoms with Gasteiger partial charge >= 0.3 is 13.9 Å². The number of benzene rings is 1. The monoisotopic (exact) mass is 431 g/mol. The summed E-state index contributed by atoms with van der Waals surface area (Å²) >= 11 is 0. The van der Waals surface area contributed by atoms with Gasteiger partial charge in [-0.1, -0.05) is 18.2 Å². The smallest absolute Gasteiger partial charge is 0.449 e. The molecule has 0 saturated carbocycles. The molecule has 0 aliphatic rings. The fourth-order valence-electron chi connectivity index (χ4n) is 3.30. The molecule has 8 heteroatoms. The third-order valence-corrected chi connectivity index (χ3v) is 6.75. The second kappa shape index (κ2) is 9.63. The molecule has 0 radical (unpaired) electrons. The molecule has 30 heavy (non-hydrogen) atoms. The van der Waals surface area contributed by atoms with Crippen LogP contribution in [0.5, 0.6) is 0 Å². The lowest BCUT2D eigenvalue weighted by atomic mass is 9.94. The Morgan fingerprint density at radius 2 is 1.67 bits per heavy atom. The maximum Gasteiger partial charge on any atom is 0.449 e. The van der Waals surface area contributed by atoms with Gasteiger partial charge in [0.25, 0.3) is 0 Å². The van der Waals surface area contributed by atoms with Crippen molar-refractivity contribution in [3.05, 3.63) is 46.8 Å². The Morgan fingerprint density at radius 3 is 2.17 bits per heavy atom. The van der Waals surface area contributed by atoms with Crippen LogP contribution in [0.3, 0.4) is 0 Å². The number of esters is 1. The van der Waals surface area contributed by atoms with Gasteiger partial charge in [0.05, 0.1) is 41.3 Å². The van der Waals surface area contributed by atoms with Crippen molar-refractivity contribution in [2.24, 2.45) is 0 Å². The summed E-state index contributed by atoms with van der Waals surface area (Å²) < 4.78 is 16.9. The number of pyridine rings is 1. The molecule has 7 nitrogen and oxygen atoms in total. The maximum atomic E-state index is 12.8. The van der Waals surface area contributed by atoms with Crippen LogP contribution in [0.2, 0.25) is 0 Å². The summed E-state index contributed by atoms with van der Waals surface area (Å²) in [6, 6.07) is 9.02. The van der Waals surface area contributed by atoms with Crippen molar-refractivity contribution in [1.82, 2.24) is 4.98 Å². The molecule has 1 N–H and O–H groups in total. The molecular formula is C22H28N2O5P+. The molecule has 160 valence electrons. The van der Waals surface area contributed by atoms with Gasteiger partial charge in [-0.05, 0) is 47.6 Å². The van der Waals surface area contributed by atoms with E-state index in [0.29, 0.717) is 28.1 Å². The SMILES string of the molecule is COC(=O)c1c(C)nc(C)c([P+](O)(OC(C)C)OC(C)C)c1-c1ccccc1C#N. The first-order valence-corrected chi connectivity index (χ1v) is 11.2. The van der Waals surface area contributed by atoms with Gasteiger partial charge < -0.3 is 4.74 Å². The third-order valence-electron chi connectivity index (χ3n) is 4.22. The predicted octanol–water partition coefficient (Wildman–Crippen LogP) is 4.25. The number of nitriles is 1. The number of methoxy groups -OCH3 is 1. The van der Waals surface area contributed by atoms with Crippen LogP contribution in [-0.4, -0.2) is 35.2 Å². The molecule has 0 bridgehead atoms. The Hall–Kier alpha value is -2.36. The van der Waals surface area contributed by atoms with E-state index in [1.807, 2.05) is 0 Å². The third kappa shape index (κ3) is 4.85. The molecule has 0 aliphatic carbocycles. The number of hydrogen-bond acceptors (Lipinski definition) is 7. The number of rotatable bonds is 7. The van der Waals surface area contributed by atoms with Crippen LogP contribution in [0, 0.1) is 25.2 Å². The van der Waals surface area contributed by atoms with E-state index < -0.39 is 13.9 Å². The molecule has 2 aromatic rings. The minimum absolute atomic E-state index is 0.166. The first-order chi connectivity index (χ1) is 14.1. The zero-order chi connectivity index (χ0) is 22.6. The summed E-state index contributed by atoms with van der Waals surface area (Å²) in [5.41, 5.74) is 2.21. The highest BCUT2D eigenvalue weighted by Gasteiger charge is 2.52. The van der Waals surface area contributed by atoms with Crippen molar-refractivity contribution in [2.45, 2.75) is 53.8 Å². The van der Waals surface area contributed by atoms with E-state index in [1.165, 1.54) is 7.11 Å². The Labute approximate surface area is 178 Å². The van der Waals surface area contributed by atoms with E-state index in [1.54, 1.807) is 65.8 Å². The molecule has 0 spiro atoms. The van der Waals surface area contributed by atoms with Gasteiger partial charge in [-0.3, -0.25) is 4.98 Å². The van der Waals surface area contributed by atoms with Crippen molar-refractivity contribution in [1.29, 1.82) is 5.26 Å². The van der Waals surface area contributed by atoms with E-state index in [4.69, 9.17) is 13.8 Å². The number of carbonyl (C=O) groups is 1. The Morgan fingerprint density at radius 1 is 1.10 bits per heavy atom. The van der Waals surface area contributed by atoms with Crippen molar-refractivity contribution >= 4 is 19.2 Å².